The van der Waals surface area contributed by atoms with E-state index in [1.807, 2.05) is 20.8 Å². The van der Waals surface area contributed by atoms with Crippen molar-refractivity contribution in [2.75, 3.05) is 12.4 Å². The van der Waals surface area contributed by atoms with Crippen molar-refractivity contribution in [2.45, 2.75) is 50.4 Å². The van der Waals surface area contributed by atoms with Gasteiger partial charge < -0.3 is 9.84 Å². The van der Waals surface area contributed by atoms with Crippen molar-refractivity contribution < 1.29 is 14.6 Å². The molecule has 1 atom stereocenters. The van der Waals surface area contributed by atoms with Crippen LogP contribution in [-0.2, 0) is 9.53 Å². The van der Waals surface area contributed by atoms with Crippen molar-refractivity contribution in [2.24, 2.45) is 0 Å². The van der Waals surface area contributed by atoms with Gasteiger partial charge in [0.25, 0.3) is 0 Å². The molecule has 0 aromatic carbocycles. The zero-order valence-electron chi connectivity index (χ0n) is 9.71. The molecular weight excluding hydrogens is 212 g/mol. The third-order valence-electron chi connectivity index (χ3n) is 2.53. The van der Waals surface area contributed by atoms with E-state index in [-0.39, 0.29) is 5.60 Å². The van der Waals surface area contributed by atoms with E-state index in [0.717, 1.165) is 18.6 Å². The highest BCUT2D eigenvalue weighted by molar-refractivity contribution is 8.01. The smallest absolute Gasteiger partial charge is 0.319 e. The lowest BCUT2D eigenvalue weighted by Crippen LogP contribution is -2.35. The Balaban J connectivity index is 2.43. The number of hydrogen-bond donors (Lipinski definition) is 1. The van der Waals surface area contributed by atoms with Gasteiger partial charge in [-0.15, -0.1) is 11.8 Å². The van der Waals surface area contributed by atoms with Gasteiger partial charge in [-0.3, -0.25) is 4.79 Å². The highest BCUT2D eigenvalue weighted by Gasteiger charge is 2.41. The van der Waals surface area contributed by atoms with Gasteiger partial charge in [0.05, 0.1) is 5.60 Å². The molecule has 1 heterocycles. The highest BCUT2D eigenvalue weighted by Crippen LogP contribution is 2.41. The molecule has 1 N–H and O–H groups in total. The first kappa shape index (κ1) is 12.8. The Bertz CT molecular complexity index is 226. The summed E-state index contributed by atoms with van der Waals surface area (Å²) in [7, 11) is 0. The van der Waals surface area contributed by atoms with Crippen molar-refractivity contribution in [1.82, 2.24) is 0 Å². The van der Waals surface area contributed by atoms with Gasteiger partial charge in [0.1, 0.15) is 4.75 Å². The van der Waals surface area contributed by atoms with Crippen LogP contribution in [0, 0.1) is 0 Å². The normalized spacial score (nSPS) is 26.9. The fourth-order valence-corrected chi connectivity index (χ4v) is 3.01. The van der Waals surface area contributed by atoms with Gasteiger partial charge in [0.15, 0.2) is 0 Å². The van der Waals surface area contributed by atoms with E-state index in [0.29, 0.717) is 13.0 Å². The molecule has 15 heavy (non-hydrogen) atoms. The number of carboxylic acids is 1. The van der Waals surface area contributed by atoms with Crippen molar-refractivity contribution in [3.8, 4) is 0 Å². The molecule has 0 aromatic rings. The second-order valence-electron chi connectivity index (χ2n) is 4.96. The Morgan fingerprint density at radius 2 is 2.20 bits per heavy atom. The summed E-state index contributed by atoms with van der Waals surface area (Å²) >= 11 is 1.57. The Kier molecular flexibility index (Phi) is 4.06. The summed E-state index contributed by atoms with van der Waals surface area (Å²) in [6.45, 7) is 6.50. The van der Waals surface area contributed by atoms with Crippen LogP contribution in [0.4, 0.5) is 0 Å². The number of hydrogen-bond acceptors (Lipinski definition) is 3. The lowest BCUT2D eigenvalue weighted by atomic mass is 10.00. The third-order valence-corrected chi connectivity index (χ3v) is 4.16. The number of aliphatic carboxylic acids is 1. The maximum absolute atomic E-state index is 11.2. The van der Waals surface area contributed by atoms with Crippen LogP contribution in [0.1, 0.15) is 40.0 Å². The minimum atomic E-state index is -0.678. The topological polar surface area (TPSA) is 46.5 Å². The van der Waals surface area contributed by atoms with Crippen LogP contribution in [0.5, 0.6) is 0 Å². The second-order valence-corrected chi connectivity index (χ2v) is 6.44. The molecular formula is C11H20O3S. The van der Waals surface area contributed by atoms with Crippen molar-refractivity contribution in [3.05, 3.63) is 0 Å². The zero-order chi connectivity index (χ0) is 11.5. The van der Waals surface area contributed by atoms with Crippen molar-refractivity contribution in [3.63, 3.8) is 0 Å². The first-order chi connectivity index (χ1) is 6.86. The monoisotopic (exact) mass is 232 g/mol. The number of rotatable bonds is 4. The largest absolute Gasteiger partial charge is 0.480 e. The molecule has 1 saturated heterocycles. The molecule has 1 rings (SSSR count). The lowest BCUT2D eigenvalue weighted by molar-refractivity contribution is -0.141. The number of carbonyl (C=O) groups is 1. The van der Waals surface area contributed by atoms with Crippen molar-refractivity contribution >= 4 is 17.7 Å². The van der Waals surface area contributed by atoms with Crippen LogP contribution in [0.15, 0.2) is 0 Å². The van der Waals surface area contributed by atoms with Crippen LogP contribution in [0.3, 0.4) is 0 Å². The SMILES string of the molecule is CC(C)(C)OCCC1(C(=O)O)CCCS1. The van der Waals surface area contributed by atoms with E-state index in [9.17, 15) is 9.90 Å². The quantitative estimate of drug-likeness (QED) is 0.809. The van der Waals surface area contributed by atoms with Gasteiger partial charge in [-0.05, 0) is 45.8 Å². The van der Waals surface area contributed by atoms with Crippen LogP contribution < -0.4 is 0 Å². The summed E-state index contributed by atoms with van der Waals surface area (Å²) in [5.74, 6) is 0.282. The third kappa shape index (κ3) is 3.68. The number of ether oxygens (including phenoxy) is 1. The van der Waals surface area contributed by atoms with Crippen LogP contribution in [-0.4, -0.2) is 33.8 Å². The Morgan fingerprint density at radius 3 is 2.60 bits per heavy atom. The predicted molar refractivity (Wildman–Crippen MR) is 62.4 cm³/mol. The fourth-order valence-electron chi connectivity index (χ4n) is 1.69. The number of thioether (sulfide) groups is 1. The minimum Gasteiger partial charge on any atom is -0.480 e. The van der Waals surface area contributed by atoms with E-state index in [4.69, 9.17) is 4.74 Å². The van der Waals surface area contributed by atoms with Crippen molar-refractivity contribution in [1.29, 1.82) is 0 Å². The summed E-state index contributed by atoms with van der Waals surface area (Å²) in [6.07, 6.45) is 2.40. The van der Waals surface area contributed by atoms with Gasteiger partial charge in [0.2, 0.25) is 0 Å². The summed E-state index contributed by atoms with van der Waals surface area (Å²) in [6, 6.07) is 0. The second kappa shape index (κ2) is 4.74. The van der Waals surface area contributed by atoms with Gasteiger partial charge in [-0.1, -0.05) is 0 Å². The predicted octanol–water partition coefficient (Wildman–Crippen LogP) is 2.54. The van der Waals surface area contributed by atoms with E-state index < -0.39 is 10.7 Å². The molecule has 1 fully saturated rings. The van der Waals surface area contributed by atoms with Crippen LogP contribution in [0.2, 0.25) is 0 Å². The first-order valence-electron chi connectivity index (χ1n) is 5.37. The molecule has 0 radical (unpaired) electrons. The standard InChI is InChI=1S/C11H20O3S/c1-10(2,3)14-7-6-11(9(12)13)5-4-8-15-11/h4-8H2,1-3H3,(H,12,13). The van der Waals surface area contributed by atoms with Gasteiger partial charge in [0, 0.05) is 6.61 Å². The molecule has 0 aliphatic carbocycles. The van der Waals surface area contributed by atoms with E-state index >= 15 is 0 Å². The molecule has 0 bridgehead atoms. The van der Waals surface area contributed by atoms with Gasteiger partial charge in [-0.25, -0.2) is 0 Å². The Morgan fingerprint density at radius 1 is 1.53 bits per heavy atom. The molecule has 4 heteroatoms. The van der Waals surface area contributed by atoms with E-state index in [2.05, 4.69) is 0 Å². The summed E-state index contributed by atoms with van der Waals surface area (Å²) in [5, 5.41) is 9.22. The highest BCUT2D eigenvalue weighted by atomic mass is 32.2. The molecule has 1 aliphatic heterocycles. The number of carboxylic acid groups (broad SMARTS) is 1. The summed E-state index contributed by atoms with van der Waals surface area (Å²) < 4.78 is 5.01. The van der Waals surface area contributed by atoms with Crippen LogP contribution >= 0.6 is 11.8 Å². The zero-order valence-corrected chi connectivity index (χ0v) is 10.5. The molecule has 1 aliphatic rings. The van der Waals surface area contributed by atoms with E-state index in [1.165, 1.54) is 0 Å². The van der Waals surface area contributed by atoms with Gasteiger partial charge >= 0.3 is 5.97 Å². The average Bonchev–Trinajstić information content (AvgIpc) is 2.51. The van der Waals surface area contributed by atoms with E-state index in [1.54, 1.807) is 11.8 Å². The maximum Gasteiger partial charge on any atom is 0.319 e. The van der Waals surface area contributed by atoms with Crippen LogP contribution in [0.25, 0.3) is 0 Å². The summed E-state index contributed by atoms with van der Waals surface area (Å²) in [4.78, 5) is 11.2. The molecule has 0 aromatic heterocycles. The molecule has 0 spiro atoms. The molecule has 88 valence electrons. The lowest BCUT2D eigenvalue weighted by Gasteiger charge is -2.26. The first-order valence-corrected chi connectivity index (χ1v) is 6.36. The van der Waals surface area contributed by atoms with Gasteiger partial charge in [-0.2, -0.15) is 0 Å². The Hall–Kier alpha value is -0.220. The average molecular weight is 232 g/mol. The molecule has 0 amide bonds. The molecule has 3 nitrogen and oxygen atoms in total. The fraction of sp³-hybridized carbons (Fsp3) is 0.909. The minimum absolute atomic E-state index is 0.178. The maximum atomic E-state index is 11.2. The summed E-state index contributed by atoms with van der Waals surface area (Å²) in [5.41, 5.74) is -0.178. The Labute approximate surface area is 95.6 Å². The molecule has 1 unspecified atom stereocenters. The molecule has 0 saturated carbocycles.